The number of fused-ring (bicyclic) bond motifs is 1. The second-order valence-electron chi connectivity index (χ2n) is 8.51. The number of halogens is 2. The molecule has 2 fully saturated rings. The fourth-order valence-corrected chi connectivity index (χ4v) is 6.54. The van der Waals surface area contributed by atoms with Gasteiger partial charge >= 0.3 is 0 Å². The van der Waals surface area contributed by atoms with Gasteiger partial charge in [0.1, 0.15) is 4.90 Å². The molecule has 3 aromatic rings. The number of hydrogen-bond acceptors (Lipinski definition) is 3. The Morgan fingerprint density at radius 2 is 1.75 bits per heavy atom. The minimum absolute atomic E-state index is 0.0118. The highest BCUT2D eigenvalue weighted by Crippen LogP contribution is 2.35. The fraction of sp³-hybridized carbons (Fsp3) is 0.348. The number of sulfonamides is 1. The fourth-order valence-electron chi connectivity index (χ4n) is 4.38. The molecule has 0 spiro atoms. The number of hydrogen-bond donors (Lipinski definition) is 2. The number of amides is 1. The van der Waals surface area contributed by atoms with Crippen LogP contribution in [0.25, 0.3) is 10.9 Å². The number of aromatic amines is 1. The van der Waals surface area contributed by atoms with Crippen molar-refractivity contribution < 1.29 is 13.2 Å². The summed E-state index contributed by atoms with van der Waals surface area (Å²) in [4.78, 5) is 18.2. The van der Waals surface area contributed by atoms with Crippen molar-refractivity contribution in [3.8, 4) is 0 Å². The van der Waals surface area contributed by atoms with E-state index in [1.54, 1.807) is 4.90 Å². The molecule has 1 aliphatic heterocycles. The number of piperidine rings is 1. The number of benzene rings is 2. The summed E-state index contributed by atoms with van der Waals surface area (Å²) in [6.45, 7) is 1.15. The molecule has 6 nitrogen and oxygen atoms in total. The standard InChI is InChI=1S/C23H23Cl2N3O3S/c24-19-12-20(25)22(32(30,31)27-15-5-6-15)11-17(19)23(29)28-9-7-14(8-10-28)18-13-26-21-4-2-1-3-16(18)21/h1-4,11-15,26-27H,5-10H2. The zero-order valence-corrected chi connectivity index (χ0v) is 19.6. The van der Waals surface area contributed by atoms with E-state index >= 15 is 0 Å². The maximum absolute atomic E-state index is 13.2. The molecule has 2 aromatic carbocycles. The van der Waals surface area contributed by atoms with Gasteiger partial charge in [-0.3, -0.25) is 4.79 Å². The molecule has 1 saturated heterocycles. The van der Waals surface area contributed by atoms with E-state index in [1.165, 1.54) is 23.1 Å². The third-order valence-electron chi connectivity index (χ3n) is 6.28. The van der Waals surface area contributed by atoms with E-state index in [4.69, 9.17) is 23.2 Å². The summed E-state index contributed by atoms with van der Waals surface area (Å²) in [5.74, 6) is 0.0847. The van der Waals surface area contributed by atoms with E-state index in [2.05, 4.69) is 28.0 Å². The van der Waals surface area contributed by atoms with E-state index in [0.29, 0.717) is 19.0 Å². The predicted octanol–water partition coefficient (Wildman–Crippen LogP) is 4.94. The molecule has 0 bridgehead atoms. The first-order valence-electron chi connectivity index (χ1n) is 10.7. The Balaban J connectivity index is 1.34. The average molecular weight is 492 g/mol. The van der Waals surface area contributed by atoms with Gasteiger partial charge in [-0.2, -0.15) is 0 Å². The second kappa shape index (κ2) is 8.37. The quantitative estimate of drug-likeness (QED) is 0.530. The minimum Gasteiger partial charge on any atom is -0.361 e. The van der Waals surface area contributed by atoms with Crippen LogP contribution in [0.5, 0.6) is 0 Å². The van der Waals surface area contributed by atoms with Crippen LogP contribution in [0.2, 0.25) is 10.0 Å². The molecule has 32 heavy (non-hydrogen) atoms. The summed E-state index contributed by atoms with van der Waals surface area (Å²) < 4.78 is 28.0. The highest BCUT2D eigenvalue weighted by atomic mass is 35.5. The van der Waals surface area contributed by atoms with Crippen molar-refractivity contribution in [3.63, 3.8) is 0 Å². The molecule has 0 unspecified atom stereocenters. The van der Waals surface area contributed by atoms with Gasteiger partial charge in [-0.1, -0.05) is 41.4 Å². The number of nitrogens with one attached hydrogen (secondary N) is 2. The van der Waals surface area contributed by atoms with Gasteiger partial charge in [0.25, 0.3) is 5.91 Å². The van der Waals surface area contributed by atoms with Crippen LogP contribution in [0.1, 0.15) is 47.5 Å². The van der Waals surface area contributed by atoms with Crippen LogP contribution in [-0.2, 0) is 10.0 Å². The van der Waals surface area contributed by atoms with Crippen LogP contribution in [0.4, 0.5) is 0 Å². The smallest absolute Gasteiger partial charge is 0.255 e. The van der Waals surface area contributed by atoms with Gasteiger partial charge in [0.2, 0.25) is 10.0 Å². The summed E-state index contributed by atoms with van der Waals surface area (Å²) in [5.41, 5.74) is 2.55. The number of H-pyrrole nitrogens is 1. The maximum Gasteiger partial charge on any atom is 0.255 e. The van der Waals surface area contributed by atoms with E-state index in [1.807, 2.05) is 12.1 Å². The monoisotopic (exact) mass is 491 g/mol. The Kier molecular flexibility index (Phi) is 5.70. The van der Waals surface area contributed by atoms with Crippen molar-refractivity contribution in [1.82, 2.24) is 14.6 Å². The summed E-state index contributed by atoms with van der Waals surface area (Å²) in [5, 5.41) is 1.39. The molecular formula is C23H23Cl2N3O3S. The Morgan fingerprint density at radius 1 is 1.03 bits per heavy atom. The van der Waals surface area contributed by atoms with Gasteiger partial charge in [0, 0.05) is 36.2 Å². The van der Waals surface area contributed by atoms with E-state index in [-0.39, 0.29) is 32.5 Å². The van der Waals surface area contributed by atoms with Crippen LogP contribution < -0.4 is 4.72 Å². The van der Waals surface area contributed by atoms with Crippen molar-refractivity contribution in [2.24, 2.45) is 0 Å². The van der Waals surface area contributed by atoms with E-state index < -0.39 is 10.0 Å². The van der Waals surface area contributed by atoms with Crippen molar-refractivity contribution in [2.75, 3.05) is 13.1 Å². The molecular weight excluding hydrogens is 469 g/mol. The number of aromatic nitrogens is 1. The summed E-state index contributed by atoms with van der Waals surface area (Å²) >= 11 is 12.5. The van der Waals surface area contributed by atoms with Gasteiger partial charge in [0.15, 0.2) is 0 Å². The third-order valence-corrected chi connectivity index (χ3v) is 8.58. The lowest BCUT2D eigenvalue weighted by atomic mass is 9.89. The van der Waals surface area contributed by atoms with Crippen molar-refractivity contribution in [2.45, 2.75) is 42.5 Å². The maximum atomic E-state index is 13.2. The third kappa shape index (κ3) is 4.15. The zero-order valence-electron chi connectivity index (χ0n) is 17.3. The first-order chi connectivity index (χ1) is 15.3. The molecule has 9 heteroatoms. The van der Waals surface area contributed by atoms with Crippen LogP contribution in [0.3, 0.4) is 0 Å². The number of para-hydroxylation sites is 1. The first-order valence-corrected chi connectivity index (χ1v) is 12.9. The number of nitrogens with zero attached hydrogens (tertiary/aromatic N) is 1. The molecule has 0 radical (unpaired) electrons. The molecule has 1 amide bonds. The number of carbonyl (C=O) groups is 1. The average Bonchev–Trinajstić information content (AvgIpc) is 3.47. The Labute approximate surface area is 196 Å². The molecule has 5 rings (SSSR count). The largest absolute Gasteiger partial charge is 0.361 e. The lowest BCUT2D eigenvalue weighted by molar-refractivity contribution is 0.0713. The molecule has 168 valence electrons. The van der Waals surface area contributed by atoms with E-state index in [9.17, 15) is 13.2 Å². The molecule has 2 heterocycles. The van der Waals surface area contributed by atoms with Gasteiger partial charge in [-0.15, -0.1) is 0 Å². The van der Waals surface area contributed by atoms with Crippen molar-refractivity contribution in [3.05, 3.63) is 63.8 Å². The summed E-state index contributed by atoms with van der Waals surface area (Å²) in [6.07, 6.45) is 5.33. The second-order valence-corrected chi connectivity index (χ2v) is 11.0. The number of carbonyl (C=O) groups excluding carboxylic acids is 1. The Hall–Kier alpha value is -2.06. The number of likely N-dealkylation sites (tertiary alicyclic amines) is 1. The Morgan fingerprint density at radius 3 is 2.47 bits per heavy atom. The van der Waals surface area contributed by atoms with Gasteiger partial charge in [-0.05, 0) is 55.4 Å². The summed E-state index contributed by atoms with van der Waals surface area (Å²) in [6, 6.07) is 10.8. The lowest BCUT2D eigenvalue weighted by Crippen LogP contribution is -2.38. The zero-order chi connectivity index (χ0) is 22.5. The van der Waals surface area contributed by atoms with Crippen LogP contribution in [0.15, 0.2) is 47.5 Å². The molecule has 1 saturated carbocycles. The topological polar surface area (TPSA) is 82.3 Å². The molecule has 1 aliphatic carbocycles. The van der Waals surface area contributed by atoms with Crippen LogP contribution in [0, 0.1) is 0 Å². The first kappa shape index (κ1) is 21.8. The van der Waals surface area contributed by atoms with E-state index in [0.717, 1.165) is 31.2 Å². The van der Waals surface area contributed by atoms with Crippen molar-refractivity contribution in [1.29, 1.82) is 0 Å². The van der Waals surface area contributed by atoms with Gasteiger partial charge in [0.05, 0.1) is 15.6 Å². The van der Waals surface area contributed by atoms with Gasteiger partial charge < -0.3 is 9.88 Å². The highest BCUT2D eigenvalue weighted by Gasteiger charge is 2.32. The van der Waals surface area contributed by atoms with Crippen molar-refractivity contribution >= 4 is 50.0 Å². The number of rotatable bonds is 5. The normalized spacial score (nSPS) is 17.8. The lowest BCUT2D eigenvalue weighted by Gasteiger charge is -2.32. The van der Waals surface area contributed by atoms with Crippen LogP contribution in [-0.4, -0.2) is 43.3 Å². The highest BCUT2D eigenvalue weighted by molar-refractivity contribution is 7.89. The van der Waals surface area contributed by atoms with Crippen LogP contribution >= 0.6 is 23.2 Å². The predicted molar refractivity (Wildman–Crippen MR) is 126 cm³/mol. The molecule has 2 aliphatic rings. The molecule has 2 N–H and O–H groups in total. The van der Waals surface area contributed by atoms with Gasteiger partial charge in [-0.25, -0.2) is 13.1 Å². The molecule has 1 aromatic heterocycles. The Bertz CT molecular complexity index is 1290. The minimum atomic E-state index is -3.81. The SMILES string of the molecule is O=C(c1cc(S(=O)(=O)NC2CC2)c(Cl)cc1Cl)N1CCC(c2c[nH]c3ccccc23)CC1. The molecule has 0 atom stereocenters. The summed E-state index contributed by atoms with van der Waals surface area (Å²) in [7, 11) is -3.81.